The highest BCUT2D eigenvalue weighted by Gasteiger charge is 2.30. The van der Waals surface area contributed by atoms with E-state index in [1.165, 1.54) is 116 Å². The molecular formula is C66H128O17P2. The van der Waals surface area contributed by atoms with Crippen molar-refractivity contribution < 1.29 is 80.2 Å². The van der Waals surface area contributed by atoms with Crippen LogP contribution in [-0.2, 0) is 65.4 Å². The Morgan fingerprint density at radius 1 is 0.329 bits per heavy atom. The zero-order valence-corrected chi connectivity index (χ0v) is 57.0. The predicted octanol–water partition coefficient (Wildman–Crippen LogP) is 18.1. The van der Waals surface area contributed by atoms with Crippen molar-refractivity contribution in [3.8, 4) is 0 Å². The minimum atomic E-state index is -4.95. The van der Waals surface area contributed by atoms with Crippen molar-refractivity contribution in [1.29, 1.82) is 0 Å². The molecule has 85 heavy (non-hydrogen) atoms. The normalized spacial score (nSPS) is 14.7. The molecule has 0 aliphatic heterocycles. The van der Waals surface area contributed by atoms with E-state index in [2.05, 4.69) is 55.4 Å². The second-order valence-electron chi connectivity index (χ2n) is 25.5. The quantitative estimate of drug-likeness (QED) is 0.0222. The molecule has 0 spiro atoms. The van der Waals surface area contributed by atoms with E-state index in [4.69, 9.17) is 37.0 Å². The van der Waals surface area contributed by atoms with Gasteiger partial charge in [-0.25, -0.2) is 9.13 Å². The van der Waals surface area contributed by atoms with Crippen molar-refractivity contribution in [3.05, 3.63) is 0 Å². The highest BCUT2D eigenvalue weighted by molar-refractivity contribution is 7.47. The predicted molar refractivity (Wildman–Crippen MR) is 340 cm³/mol. The van der Waals surface area contributed by atoms with Crippen LogP contribution >= 0.6 is 15.6 Å². The molecule has 19 heteroatoms. The van der Waals surface area contributed by atoms with Gasteiger partial charge in [0.25, 0.3) is 0 Å². The molecule has 0 rings (SSSR count). The topological polar surface area (TPSA) is 237 Å². The Morgan fingerprint density at radius 3 is 0.835 bits per heavy atom. The second-order valence-corrected chi connectivity index (χ2v) is 28.4. The Bertz CT molecular complexity index is 1700. The average molecular weight is 1260 g/mol. The summed E-state index contributed by atoms with van der Waals surface area (Å²) in [5, 5.41) is 10.5. The third kappa shape index (κ3) is 59.5. The van der Waals surface area contributed by atoms with Crippen molar-refractivity contribution in [1.82, 2.24) is 0 Å². The van der Waals surface area contributed by atoms with E-state index in [1.54, 1.807) is 0 Å². The molecule has 504 valence electrons. The SMILES string of the molecule is CCC(C)CCCCCCCCC(=O)O[C@H](COC(=O)CCCCCCCCCCC(C)C)COP(=O)(O)OCC(O)COP(=O)(O)OC[C@@H](COC(=O)CCCCCCCCC(C)C)OC(=O)CCCCCCCCCCCCCCC(C)C. The summed E-state index contributed by atoms with van der Waals surface area (Å²) in [6, 6.07) is 0. The molecule has 0 bridgehead atoms. The number of hydrogen-bond acceptors (Lipinski definition) is 15. The lowest BCUT2D eigenvalue weighted by Gasteiger charge is -2.21. The van der Waals surface area contributed by atoms with E-state index in [9.17, 15) is 43.2 Å². The van der Waals surface area contributed by atoms with Gasteiger partial charge >= 0.3 is 39.5 Å². The summed E-state index contributed by atoms with van der Waals surface area (Å²) >= 11 is 0. The third-order valence-electron chi connectivity index (χ3n) is 15.4. The van der Waals surface area contributed by atoms with Gasteiger partial charge in [-0.3, -0.25) is 37.3 Å². The highest BCUT2D eigenvalue weighted by atomic mass is 31.2. The Kier molecular flexibility index (Phi) is 54.8. The number of aliphatic hydroxyl groups excluding tert-OH is 1. The van der Waals surface area contributed by atoms with Gasteiger partial charge in [-0.2, -0.15) is 0 Å². The van der Waals surface area contributed by atoms with E-state index in [0.717, 1.165) is 114 Å². The zero-order valence-electron chi connectivity index (χ0n) is 55.2. The van der Waals surface area contributed by atoms with Crippen LogP contribution in [0.5, 0.6) is 0 Å². The minimum absolute atomic E-state index is 0.102. The molecule has 0 aromatic rings. The number of carbonyl (C=O) groups is 4. The van der Waals surface area contributed by atoms with Gasteiger partial charge in [0.15, 0.2) is 12.2 Å². The maximum atomic E-state index is 13.0. The first kappa shape index (κ1) is 83.1. The molecular weight excluding hydrogens is 1130 g/mol. The molecule has 0 aromatic heterocycles. The van der Waals surface area contributed by atoms with Crippen molar-refractivity contribution in [2.75, 3.05) is 39.6 Å². The number of aliphatic hydroxyl groups is 1. The molecule has 0 saturated heterocycles. The maximum absolute atomic E-state index is 13.0. The summed E-state index contributed by atoms with van der Waals surface area (Å²) in [5.74, 6) is 0.763. The van der Waals surface area contributed by atoms with Crippen molar-refractivity contribution in [2.24, 2.45) is 23.7 Å². The summed E-state index contributed by atoms with van der Waals surface area (Å²) < 4.78 is 68.1. The molecule has 0 heterocycles. The van der Waals surface area contributed by atoms with E-state index < -0.39 is 97.5 Å². The van der Waals surface area contributed by atoms with Crippen molar-refractivity contribution >= 4 is 39.5 Å². The van der Waals surface area contributed by atoms with Gasteiger partial charge in [-0.05, 0) is 49.4 Å². The number of esters is 4. The van der Waals surface area contributed by atoms with Crippen LogP contribution in [0.25, 0.3) is 0 Å². The molecule has 0 aliphatic carbocycles. The Hall–Kier alpha value is -1.94. The fraction of sp³-hybridized carbons (Fsp3) is 0.939. The summed E-state index contributed by atoms with van der Waals surface area (Å²) in [6.07, 6.45) is 36.4. The molecule has 6 atom stereocenters. The molecule has 0 saturated carbocycles. The Morgan fingerprint density at radius 2 is 0.565 bits per heavy atom. The number of carbonyl (C=O) groups excluding carboxylic acids is 4. The standard InChI is InChI=1S/C66H128O17P2/c1-9-59(8)45-37-29-23-25-33-41-49-66(71)83-62(52-76-63(68)46-38-30-20-17-16-19-27-35-43-57(4)5)55-81-85(74,75)79-51-60(67)50-78-84(72,73)80-54-61(53-77-64(69)47-39-31-24-22-28-36-44-58(6)7)82-65(70)48-40-32-21-15-13-11-10-12-14-18-26-34-42-56(2)3/h56-62,67H,9-55H2,1-8H3,(H,72,73)(H,74,75)/t59?,60?,61-,62-/m1/s1. The average Bonchev–Trinajstić information content (AvgIpc) is 3.48. The number of unbranched alkanes of at least 4 members (excludes halogenated alkanes) is 28. The zero-order chi connectivity index (χ0) is 63.2. The van der Waals surface area contributed by atoms with Crippen LogP contribution in [0.1, 0.15) is 319 Å². The molecule has 4 unspecified atom stereocenters. The van der Waals surface area contributed by atoms with Crippen LogP contribution in [0.4, 0.5) is 0 Å². The molecule has 0 aromatic carbocycles. The first-order valence-electron chi connectivity index (χ1n) is 34.2. The minimum Gasteiger partial charge on any atom is -0.462 e. The van der Waals surface area contributed by atoms with Crippen LogP contribution in [0, 0.1) is 23.7 Å². The smallest absolute Gasteiger partial charge is 0.462 e. The van der Waals surface area contributed by atoms with Gasteiger partial charge in [0.05, 0.1) is 26.4 Å². The van der Waals surface area contributed by atoms with Crippen LogP contribution in [0.15, 0.2) is 0 Å². The first-order chi connectivity index (χ1) is 40.6. The lowest BCUT2D eigenvalue weighted by atomic mass is 10.00. The Balaban J connectivity index is 5.24. The second kappa shape index (κ2) is 56.1. The fourth-order valence-corrected chi connectivity index (χ4v) is 11.3. The lowest BCUT2D eigenvalue weighted by Crippen LogP contribution is -2.30. The van der Waals surface area contributed by atoms with Crippen LogP contribution in [0.2, 0.25) is 0 Å². The van der Waals surface area contributed by atoms with Gasteiger partial charge in [0, 0.05) is 25.7 Å². The van der Waals surface area contributed by atoms with E-state index in [0.29, 0.717) is 31.6 Å². The van der Waals surface area contributed by atoms with Crippen molar-refractivity contribution in [2.45, 2.75) is 337 Å². The Labute approximate surface area is 517 Å². The molecule has 0 aliphatic rings. The summed E-state index contributed by atoms with van der Waals surface area (Å²) in [6.45, 7) is 14.0. The van der Waals surface area contributed by atoms with Crippen LogP contribution < -0.4 is 0 Å². The molecule has 0 amide bonds. The summed E-state index contributed by atoms with van der Waals surface area (Å²) in [7, 11) is -9.89. The number of hydrogen-bond donors (Lipinski definition) is 3. The van der Waals surface area contributed by atoms with Crippen LogP contribution in [0.3, 0.4) is 0 Å². The molecule has 0 radical (unpaired) electrons. The van der Waals surface area contributed by atoms with Gasteiger partial charge in [0.1, 0.15) is 19.3 Å². The molecule has 0 fully saturated rings. The third-order valence-corrected chi connectivity index (χ3v) is 17.3. The van der Waals surface area contributed by atoms with Gasteiger partial charge in [0.2, 0.25) is 0 Å². The molecule has 17 nitrogen and oxygen atoms in total. The van der Waals surface area contributed by atoms with Crippen LogP contribution in [-0.4, -0.2) is 96.7 Å². The lowest BCUT2D eigenvalue weighted by molar-refractivity contribution is -0.161. The van der Waals surface area contributed by atoms with Gasteiger partial charge < -0.3 is 33.8 Å². The largest absolute Gasteiger partial charge is 0.472 e. The fourth-order valence-electron chi connectivity index (χ4n) is 9.75. The number of phosphoric ester groups is 2. The van der Waals surface area contributed by atoms with Gasteiger partial charge in [-0.1, -0.05) is 267 Å². The van der Waals surface area contributed by atoms with E-state index in [-0.39, 0.29) is 25.7 Å². The summed E-state index contributed by atoms with van der Waals surface area (Å²) in [5.41, 5.74) is 0. The number of phosphoric acid groups is 2. The number of ether oxygens (including phenoxy) is 4. The maximum Gasteiger partial charge on any atom is 0.472 e. The first-order valence-corrected chi connectivity index (χ1v) is 37.2. The number of rotatable bonds is 63. The molecule has 3 N–H and O–H groups in total. The van der Waals surface area contributed by atoms with E-state index in [1.807, 2.05) is 0 Å². The van der Waals surface area contributed by atoms with Gasteiger partial charge in [-0.15, -0.1) is 0 Å². The monoisotopic (exact) mass is 1250 g/mol. The van der Waals surface area contributed by atoms with Crippen molar-refractivity contribution in [3.63, 3.8) is 0 Å². The highest BCUT2D eigenvalue weighted by Crippen LogP contribution is 2.45. The van der Waals surface area contributed by atoms with E-state index >= 15 is 0 Å². The summed E-state index contributed by atoms with van der Waals surface area (Å²) in [4.78, 5) is 72.3.